The minimum absolute atomic E-state index is 0.527. The lowest BCUT2D eigenvalue weighted by molar-refractivity contribution is 0.388. The third-order valence-corrected chi connectivity index (χ3v) is 2.47. The number of halogens is 1. The summed E-state index contributed by atoms with van der Waals surface area (Å²) in [5, 5.41) is 9.61. The molecule has 16 heavy (non-hydrogen) atoms. The summed E-state index contributed by atoms with van der Waals surface area (Å²) in [6, 6.07) is 1.79. The fourth-order valence-corrected chi connectivity index (χ4v) is 1.45. The van der Waals surface area contributed by atoms with Crippen LogP contribution in [-0.2, 0) is 6.54 Å². The number of hydrogen-bond acceptors (Lipinski definition) is 6. The summed E-state index contributed by atoms with van der Waals surface area (Å²) in [5.41, 5.74) is 0. The van der Waals surface area contributed by atoms with Gasteiger partial charge < -0.3 is 15.2 Å². The molecule has 0 saturated carbocycles. The van der Waals surface area contributed by atoms with Crippen molar-refractivity contribution in [3.8, 4) is 0 Å². The topological polar surface area (TPSA) is 75.9 Å². The van der Waals surface area contributed by atoms with Crippen molar-refractivity contribution in [3.05, 3.63) is 28.7 Å². The van der Waals surface area contributed by atoms with E-state index in [1.807, 2.05) is 0 Å². The maximum absolute atomic E-state index is 4.96. The molecule has 0 aromatic carbocycles. The fraction of sp³-hybridized carbons (Fsp3) is 0.222. The molecule has 7 heteroatoms. The van der Waals surface area contributed by atoms with Crippen molar-refractivity contribution in [1.82, 2.24) is 15.1 Å². The van der Waals surface area contributed by atoms with Gasteiger partial charge in [0.2, 0.25) is 5.95 Å². The summed E-state index contributed by atoms with van der Waals surface area (Å²) < 4.78 is 5.76. The first-order chi connectivity index (χ1) is 7.79. The molecule has 0 amide bonds. The highest BCUT2D eigenvalue weighted by Gasteiger charge is 2.04. The molecule has 6 nitrogen and oxygen atoms in total. The molecule has 0 unspecified atom stereocenters. The van der Waals surface area contributed by atoms with Crippen LogP contribution in [0.5, 0.6) is 0 Å². The Labute approximate surface area is 101 Å². The van der Waals surface area contributed by atoms with E-state index in [2.05, 4.69) is 41.7 Å². The Kier molecular flexibility index (Phi) is 3.35. The summed E-state index contributed by atoms with van der Waals surface area (Å²) in [7, 11) is 1.77. The van der Waals surface area contributed by atoms with E-state index >= 15 is 0 Å². The molecule has 2 rings (SSSR count). The number of rotatable bonds is 4. The number of nitrogens with one attached hydrogen (secondary N) is 2. The van der Waals surface area contributed by atoms with Gasteiger partial charge in [-0.1, -0.05) is 5.16 Å². The lowest BCUT2D eigenvalue weighted by Gasteiger charge is -2.06. The van der Waals surface area contributed by atoms with Gasteiger partial charge in [-0.3, -0.25) is 0 Å². The van der Waals surface area contributed by atoms with E-state index in [1.165, 1.54) is 0 Å². The minimum Gasteiger partial charge on any atom is -0.362 e. The second-order valence-corrected chi connectivity index (χ2v) is 3.83. The quantitative estimate of drug-likeness (QED) is 0.892. The number of aromatic nitrogens is 3. The van der Waals surface area contributed by atoms with E-state index in [4.69, 9.17) is 4.52 Å². The van der Waals surface area contributed by atoms with Crippen LogP contribution in [0.1, 0.15) is 5.76 Å². The Hall–Kier alpha value is -1.63. The largest absolute Gasteiger partial charge is 0.362 e. The molecular weight excluding hydrogens is 274 g/mol. The van der Waals surface area contributed by atoms with E-state index in [0.29, 0.717) is 18.3 Å². The smallest absolute Gasteiger partial charge is 0.224 e. The zero-order valence-electron chi connectivity index (χ0n) is 8.57. The van der Waals surface area contributed by atoms with Crippen molar-refractivity contribution >= 4 is 27.7 Å². The average molecular weight is 284 g/mol. The van der Waals surface area contributed by atoms with Crippen molar-refractivity contribution in [1.29, 1.82) is 0 Å². The number of hydrogen-bond donors (Lipinski definition) is 2. The van der Waals surface area contributed by atoms with Crippen molar-refractivity contribution in [2.45, 2.75) is 6.54 Å². The first kappa shape index (κ1) is 10.9. The first-order valence-corrected chi connectivity index (χ1v) is 5.42. The number of nitrogens with zero attached hydrogens (tertiary/aromatic N) is 3. The van der Waals surface area contributed by atoms with E-state index in [0.717, 1.165) is 10.2 Å². The van der Waals surface area contributed by atoms with E-state index in [-0.39, 0.29) is 0 Å². The molecule has 2 aromatic rings. The van der Waals surface area contributed by atoms with Crippen molar-refractivity contribution in [2.75, 3.05) is 17.7 Å². The van der Waals surface area contributed by atoms with Crippen molar-refractivity contribution < 1.29 is 4.52 Å². The summed E-state index contributed by atoms with van der Waals surface area (Å²) in [6.07, 6.45) is 3.28. The predicted octanol–water partition coefficient (Wildman–Crippen LogP) is 1.88. The van der Waals surface area contributed by atoms with E-state index in [1.54, 1.807) is 25.5 Å². The van der Waals surface area contributed by atoms with Crippen LogP contribution in [0.2, 0.25) is 0 Å². The average Bonchev–Trinajstić information content (AvgIpc) is 2.81. The molecule has 0 fully saturated rings. The van der Waals surface area contributed by atoms with Gasteiger partial charge in [0.25, 0.3) is 0 Å². The third kappa shape index (κ3) is 2.48. The van der Waals surface area contributed by atoms with Crippen molar-refractivity contribution in [2.24, 2.45) is 0 Å². The standard InChI is InChI=1S/C9H10BrN5O/c1-11-9-13-5-7(10)8(15-9)12-4-6-2-3-14-16-6/h2-3,5H,4H2,1H3,(H2,11,12,13,15). The van der Waals surface area contributed by atoms with Gasteiger partial charge >= 0.3 is 0 Å². The zero-order valence-corrected chi connectivity index (χ0v) is 10.2. The van der Waals surface area contributed by atoms with Crippen LogP contribution in [-0.4, -0.2) is 22.2 Å². The van der Waals surface area contributed by atoms with Gasteiger partial charge in [0.05, 0.1) is 17.2 Å². The van der Waals surface area contributed by atoms with Gasteiger partial charge in [-0.2, -0.15) is 4.98 Å². The SMILES string of the molecule is CNc1ncc(Br)c(NCc2ccno2)n1. The van der Waals surface area contributed by atoms with Gasteiger partial charge in [-0.25, -0.2) is 4.98 Å². The molecule has 2 heterocycles. The van der Waals surface area contributed by atoms with Crippen LogP contribution in [0.4, 0.5) is 11.8 Å². The molecule has 0 radical (unpaired) electrons. The molecular formula is C9H10BrN5O. The predicted molar refractivity (Wildman–Crippen MR) is 63.1 cm³/mol. The highest BCUT2D eigenvalue weighted by molar-refractivity contribution is 9.10. The van der Waals surface area contributed by atoms with E-state index in [9.17, 15) is 0 Å². The molecule has 0 saturated heterocycles. The van der Waals surface area contributed by atoms with Crippen LogP contribution in [0.3, 0.4) is 0 Å². The highest BCUT2D eigenvalue weighted by Crippen LogP contribution is 2.20. The third-order valence-electron chi connectivity index (χ3n) is 1.89. The molecule has 2 N–H and O–H groups in total. The first-order valence-electron chi connectivity index (χ1n) is 4.63. The van der Waals surface area contributed by atoms with Crippen molar-refractivity contribution in [3.63, 3.8) is 0 Å². The molecule has 0 aliphatic rings. The van der Waals surface area contributed by atoms with Crippen LogP contribution in [0, 0.1) is 0 Å². The van der Waals surface area contributed by atoms with Gasteiger partial charge in [-0.05, 0) is 15.9 Å². The molecule has 0 aliphatic carbocycles. The Morgan fingerprint density at radius 1 is 1.50 bits per heavy atom. The van der Waals surface area contributed by atoms with Gasteiger partial charge in [0.15, 0.2) is 5.76 Å². The number of anilines is 2. The van der Waals surface area contributed by atoms with Gasteiger partial charge in [0, 0.05) is 19.3 Å². The fourth-order valence-electron chi connectivity index (χ4n) is 1.12. The molecule has 0 bridgehead atoms. The molecule has 84 valence electrons. The maximum Gasteiger partial charge on any atom is 0.224 e. The molecule has 0 atom stereocenters. The Bertz CT molecular complexity index is 459. The molecule has 2 aromatic heterocycles. The van der Waals surface area contributed by atoms with Crippen LogP contribution >= 0.6 is 15.9 Å². The van der Waals surface area contributed by atoms with Crippen LogP contribution in [0.25, 0.3) is 0 Å². The second kappa shape index (κ2) is 4.93. The summed E-state index contributed by atoms with van der Waals surface area (Å²) in [6.45, 7) is 0.527. The lowest BCUT2D eigenvalue weighted by atomic mass is 10.4. The summed E-state index contributed by atoms with van der Waals surface area (Å²) in [4.78, 5) is 8.31. The Balaban J connectivity index is 2.08. The molecule has 0 spiro atoms. The normalized spacial score (nSPS) is 10.1. The monoisotopic (exact) mass is 283 g/mol. The lowest BCUT2D eigenvalue weighted by Crippen LogP contribution is -2.04. The van der Waals surface area contributed by atoms with Gasteiger partial charge in [0.1, 0.15) is 5.82 Å². The Morgan fingerprint density at radius 2 is 2.38 bits per heavy atom. The van der Waals surface area contributed by atoms with E-state index < -0.39 is 0 Å². The Morgan fingerprint density at radius 3 is 3.06 bits per heavy atom. The van der Waals surface area contributed by atoms with Crippen LogP contribution in [0.15, 0.2) is 27.5 Å². The molecule has 0 aliphatic heterocycles. The summed E-state index contributed by atoms with van der Waals surface area (Å²) in [5.74, 6) is 2.01. The zero-order chi connectivity index (χ0) is 11.4. The van der Waals surface area contributed by atoms with Gasteiger partial charge in [-0.15, -0.1) is 0 Å². The second-order valence-electron chi connectivity index (χ2n) is 2.97. The highest BCUT2D eigenvalue weighted by atomic mass is 79.9. The van der Waals surface area contributed by atoms with Crippen LogP contribution < -0.4 is 10.6 Å². The minimum atomic E-state index is 0.527. The maximum atomic E-state index is 4.96. The summed E-state index contributed by atoms with van der Waals surface area (Å²) >= 11 is 3.36.